The standard InChI is InChI=1S/C18H21N5OS/c1-12-8-22(10-17-20-19-13(2)23(12)17)18(24)11-25-16-9-21(3)15-7-5-4-6-14(15)16/h4-7,9,12H,8,10-11H2,1-3H3/t12-/m1/s1. The Balaban J connectivity index is 1.48. The van der Waals surface area contributed by atoms with E-state index in [4.69, 9.17) is 0 Å². The van der Waals surface area contributed by atoms with Crippen molar-refractivity contribution >= 4 is 28.6 Å². The lowest BCUT2D eigenvalue weighted by molar-refractivity contribution is -0.130. The molecular weight excluding hydrogens is 334 g/mol. The van der Waals surface area contributed by atoms with Gasteiger partial charge in [-0.1, -0.05) is 18.2 Å². The molecule has 0 N–H and O–H groups in total. The van der Waals surface area contributed by atoms with Crippen molar-refractivity contribution in [2.75, 3.05) is 12.3 Å². The molecule has 6 nitrogen and oxygen atoms in total. The lowest BCUT2D eigenvalue weighted by Crippen LogP contribution is -2.41. The van der Waals surface area contributed by atoms with Gasteiger partial charge in [-0.15, -0.1) is 22.0 Å². The molecule has 0 fully saturated rings. The predicted octanol–water partition coefficient (Wildman–Crippen LogP) is 2.77. The zero-order valence-corrected chi connectivity index (χ0v) is 15.5. The van der Waals surface area contributed by atoms with Gasteiger partial charge in [0.05, 0.1) is 18.3 Å². The van der Waals surface area contributed by atoms with Crippen LogP contribution in [0, 0.1) is 6.92 Å². The van der Waals surface area contributed by atoms with Crippen molar-refractivity contribution in [3.8, 4) is 0 Å². The molecular formula is C18H21N5OS. The molecule has 7 heteroatoms. The molecule has 2 aromatic heterocycles. The second-order valence-electron chi connectivity index (χ2n) is 6.57. The molecule has 1 aliphatic heterocycles. The van der Waals surface area contributed by atoms with E-state index < -0.39 is 0 Å². The number of hydrogen-bond acceptors (Lipinski definition) is 4. The largest absolute Gasteiger partial charge is 0.349 e. The average molecular weight is 355 g/mol. The first-order chi connectivity index (χ1) is 12.0. The van der Waals surface area contributed by atoms with Crippen molar-refractivity contribution in [1.29, 1.82) is 0 Å². The van der Waals surface area contributed by atoms with Crippen molar-refractivity contribution in [2.24, 2.45) is 7.05 Å². The average Bonchev–Trinajstić information content (AvgIpc) is 3.14. The van der Waals surface area contributed by atoms with Crippen molar-refractivity contribution < 1.29 is 4.79 Å². The Hall–Kier alpha value is -2.28. The minimum atomic E-state index is 0.150. The van der Waals surface area contributed by atoms with Crippen LogP contribution < -0.4 is 0 Å². The second-order valence-corrected chi connectivity index (χ2v) is 7.58. The Morgan fingerprint density at radius 3 is 2.96 bits per heavy atom. The fourth-order valence-corrected chi connectivity index (χ4v) is 4.59. The van der Waals surface area contributed by atoms with Gasteiger partial charge in [-0.05, 0) is 19.9 Å². The van der Waals surface area contributed by atoms with Crippen LogP contribution in [0.1, 0.15) is 24.6 Å². The molecule has 1 atom stereocenters. The number of amides is 1. The molecule has 3 heterocycles. The van der Waals surface area contributed by atoms with Gasteiger partial charge in [0.2, 0.25) is 5.91 Å². The molecule has 0 radical (unpaired) electrons. The van der Waals surface area contributed by atoms with Crippen LogP contribution in [-0.2, 0) is 18.4 Å². The minimum absolute atomic E-state index is 0.150. The summed E-state index contributed by atoms with van der Waals surface area (Å²) in [6, 6.07) is 8.49. The molecule has 0 spiro atoms. The highest BCUT2D eigenvalue weighted by atomic mass is 32.2. The van der Waals surface area contributed by atoms with E-state index in [1.54, 1.807) is 11.8 Å². The summed E-state index contributed by atoms with van der Waals surface area (Å²) in [5, 5.41) is 9.55. The molecule has 0 bridgehead atoms. The first-order valence-electron chi connectivity index (χ1n) is 8.39. The molecule has 1 aromatic carbocycles. The summed E-state index contributed by atoms with van der Waals surface area (Å²) in [6.07, 6.45) is 2.10. The molecule has 3 aromatic rings. The summed E-state index contributed by atoms with van der Waals surface area (Å²) in [4.78, 5) is 15.8. The normalized spacial score (nSPS) is 17.1. The number of aromatic nitrogens is 4. The Bertz CT molecular complexity index is 944. The summed E-state index contributed by atoms with van der Waals surface area (Å²) in [7, 11) is 2.04. The third kappa shape index (κ3) is 2.82. The zero-order chi connectivity index (χ0) is 17.6. The first-order valence-corrected chi connectivity index (χ1v) is 9.38. The number of aryl methyl sites for hydroxylation is 2. The van der Waals surface area contributed by atoms with E-state index in [1.165, 1.54) is 10.9 Å². The SMILES string of the molecule is Cc1nnc2n1[C@H](C)CN(C(=O)CSc1cn(C)c3ccccc13)C2. The van der Waals surface area contributed by atoms with Crippen molar-refractivity contribution in [1.82, 2.24) is 24.2 Å². The molecule has 0 saturated carbocycles. The quantitative estimate of drug-likeness (QED) is 0.678. The topological polar surface area (TPSA) is 56.0 Å². The van der Waals surface area contributed by atoms with Crippen LogP contribution in [0.5, 0.6) is 0 Å². The summed E-state index contributed by atoms with van der Waals surface area (Å²) >= 11 is 1.61. The van der Waals surface area contributed by atoms with E-state index >= 15 is 0 Å². The number of fused-ring (bicyclic) bond motifs is 2. The van der Waals surface area contributed by atoms with Crippen molar-refractivity contribution in [3.05, 3.63) is 42.1 Å². The molecule has 130 valence electrons. The van der Waals surface area contributed by atoms with Gasteiger partial charge in [0.25, 0.3) is 0 Å². The highest BCUT2D eigenvalue weighted by Crippen LogP contribution is 2.30. The maximum atomic E-state index is 12.7. The second kappa shape index (κ2) is 6.22. The smallest absolute Gasteiger partial charge is 0.233 e. The number of thioether (sulfide) groups is 1. The molecule has 0 saturated heterocycles. The van der Waals surface area contributed by atoms with Gasteiger partial charge in [0, 0.05) is 35.6 Å². The highest BCUT2D eigenvalue weighted by Gasteiger charge is 2.28. The van der Waals surface area contributed by atoms with Crippen molar-refractivity contribution in [3.63, 3.8) is 0 Å². The molecule has 0 aliphatic carbocycles. The third-order valence-corrected chi connectivity index (χ3v) is 5.79. The number of nitrogens with zero attached hydrogens (tertiary/aromatic N) is 5. The summed E-state index contributed by atoms with van der Waals surface area (Å²) < 4.78 is 4.23. The molecule has 0 unspecified atom stereocenters. The highest BCUT2D eigenvalue weighted by molar-refractivity contribution is 8.00. The van der Waals surface area contributed by atoms with Crippen LogP contribution in [0.15, 0.2) is 35.4 Å². The van der Waals surface area contributed by atoms with Crippen LogP contribution in [0.25, 0.3) is 10.9 Å². The van der Waals surface area contributed by atoms with E-state index in [2.05, 4.69) is 44.6 Å². The molecule has 1 amide bonds. The number of carbonyl (C=O) groups is 1. The number of hydrogen-bond donors (Lipinski definition) is 0. The summed E-state index contributed by atoms with van der Waals surface area (Å²) in [5.74, 6) is 2.38. The zero-order valence-electron chi connectivity index (χ0n) is 14.6. The van der Waals surface area contributed by atoms with Gasteiger partial charge in [-0.3, -0.25) is 4.79 Å². The Labute approximate surface area is 150 Å². The predicted molar refractivity (Wildman–Crippen MR) is 98.5 cm³/mol. The van der Waals surface area contributed by atoms with Crippen LogP contribution in [0.2, 0.25) is 0 Å². The number of carbonyl (C=O) groups excluding carboxylic acids is 1. The van der Waals surface area contributed by atoms with Gasteiger partial charge in [0.1, 0.15) is 5.82 Å². The van der Waals surface area contributed by atoms with E-state index in [0.717, 1.165) is 16.5 Å². The van der Waals surface area contributed by atoms with Crippen LogP contribution in [0.4, 0.5) is 0 Å². The maximum absolute atomic E-state index is 12.7. The fraction of sp³-hybridized carbons (Fsp3) is 0.389. The lowest BCUT2D eigenvalue weighted by Gasteiger charge is -2.32. The van der Waals surface area contributed by atoms with E-state index in [0.29, 0.717) is 18.8 Å². The van der Waals surface area contributed by atoms with Gasteiger partial charge >= 0.3 is 0 Å². The minimum Gasteiger partial charge on any atom is -0.349 e. The van der Waals surface area contributed by atoms with Crippen LogP contribution in [-0.4, -0.2) is 42.4 Å². The number of benzene rings is 1. The van der Waals surface area contributed by atoms with E-state index in [9.17, 15) is 4.79 Å². The van der Waals surface area contributed by atoms with Gasteiger partial charge < -0.3 is 14.0 Å². The van der Waals surface area contributed by atoms with Crippen molar-refractivity contribution in [2.45, 2.75) is 31.3 Å². The number of rotatable bonds is 3. The third-order valence-electron chi connectivity index (χ3n) is 4.76. The van der Waals surface area contributed by atoms with Crippen LogP contribution in [0.3, 0.4) is 0 Å². The molecule has 1 aliphatic rings. The molecule has 4 rings (SSSR count). The van der Waals surface area contributed by atoms with Gasteiger partial charge in [0.15, 0.2) is 5.82 Å². The van der Waals surface area contributed by atoms with Gasteiger partial charge in [-0.2, -0.15) is 0 Å². The Morgan fingerprint density at radius 1 is 1.32 bits per heavy atom. The van der Waals surface area contributed by atoms with Crippen LogP contribution >= 0.6 is 11.8 Å². The van der Waals surface area contributed by atoms with E-state index in [1.807, 2.05) is 31.0 Å². The Morgan fingerprint density at radius 2 is 2.12 bits per heavy atom. The van der Waals surface area contributed by atoms with E-state index in [-0.39, 0.29) is 11.9 Å². The fourth-order valence-electron chi connectivity index (χ4n) is 3.57. The maximum Gasteiger partial charge on any atom is 0.233 e. The Kier molecular flexibility index (Phi) is 4.03. The summed E-state index contributed by atoms with van der Waals surface area (Å²) in [5.41, 5.74) is 1.19. The number of para-hydroxylation sites is 1. The lowest BCUT2D eigenvalue weighted by atomic mass is 10.2. The summed E-state index contributed by atoms with van der Waals surface area (Å²) in [6.45, 7) is 5.32. The first kappa shape index (κ1) is 16.2. The monoisotopic (exact) mass is 355 g/mol. The molecule has 25 heavy (non-hydrogen) atoms. The van der Waals surface area contributed by atoms with Gasteiger partial charge in [-0.25, -0.2) is 0 Å².